The van der Waals surface area contributed by atoms with Crippen LogP contribution >= 0.6 is 11.6 Å². The summed E-state index contributed by atoms with van der Waals surface area (Å²) in [7, 11) is 1.58. The standard InChI is InChI=1S/C20H18ClN3O3/c1-13(20(26)22-16-7-4-6-15(21)12-16)24-19(25)10-9-18(23-24)14-5-3-8-17(11-14)27-2/h3-13H,1-2H3,(H,22,26). The van der Waals surface area contributed by atoms with Crippen molar-refractivity contribution >= 4 is 23.2 Å². The third-order valence-corrected chi connectivity index (χ3v) is 4.26. The Morgan fingerprint density at radius 3 is 2.67 bits per heavy atom. The molecule has 1 N–H and O–H groups in total. The molecule has 0 saturated carbocycles. The van der Waals surface area contributed by atoms with Gasteiger partial charge in [-0.3, -0.25) is 9.59 Å². The molecule has 3 aromatic rings. The van der Waals surface area contributed by atoms with E-state index in [1.807, 2.05) is 24.3 Å². The van der Waals surface area contributed by atoms with Gasteiger partial charge in [0.1, 0.15) is 11.8 Å². The summed E-state index contributed by atoms with van der Waals surface area (Å²) in [5, 5.41) is 7.61. The van der Waals surface area contributed by atoms with Crippen LogP contribution in [0, 0.1) is 0 Å². The van der Waals surface area contributed by atoms with Crippen molar-refractivity contribution in [2.24, 2.45) is 0 Å². The molecule has 1 aromatic heterocycles. The smallest absolute Gasteiger partial charge is 0.267 e. The zero-order chi connectivity index (χ0) is 19.4. The molecule has 0 fully saturated rings. The number of aromatic nitrogens is 2. The van der Waals surface area contributed by atoms with Crippen LogP contribution in [0.3, 0.4) is 0 Å². The van der Waals surface area contributed by atoms with E-state index in [0.29, 0.717) is 22.2 Å². The zero-order valence-corrected chi connectivity index (χ0v) is 15.6. The summed E-state index contributed by atoms with van der Waals surface area (Å²) in [6, 6.07) is 16.3. The van der Waals surface area contributed by atoms with Crippen molar-refractivity contribution in [3.8, 4) is 17.0 Å². The normalized spacial score (nSPS) is 11.7. The first-order chi connectivity index (χ1) is 13.0. The molecule has 2 aromatic carbocycles. The van der Waals surface area contributed by atoms with Gasteiger partial charge < -0.3 is 10.1 Å². The second kappa shape index (κ2) is 8.05. The molecule has 1 atom stereocenters. The minimum Gasteiger partial charge on any atom is -0.497 e. The molecule has 0 aliphatic carbocycles. The summed E-state index contributed by atoms with van der Waals surface area (Å²) in [4.78, 5) is 24.8. The number of hydrogen-bond donors (Lipinski definition) is 1. The molecule has 6 nitrogen and oxygen atoms in total. The van der Waals surface area contributed by atoms with Crippen LogP contribution in [0.1, 0.15) is 13.0 Å². The second-order valence-corrected chi connectivity index (χ2v) is 6.35. The maximum absolute atomic E-state index is 12.6. The molecule has 138 valence electrons. The maximum atomic E-state index is 12.6. The number of nitrogens with zero attached hydrogens (tertiary/aromatic N) is 2. The van der Waals surface area contributed by atoms with Crippen molar-refractivity contribution < 1.29 is 9.53 Å². The van der Waals surface area contributed by atoms with Crippen molar-refractivity contribution in [1.29, 1.82) is 0 Å². The number of hydrogen-bond acceptors (Lipinski definition) is 4. The van der Waals surface area contributed by atoms with Crippen LogP contribution in [0.2, 0.25) is 5.02 Å². The summed E-state index contributed by atoms with van der Waals surface area (Å²) in [6.45, 7) is 1.61. The van der Waals surface area contributed by atoms with Crippen LogP contribution in [0.4, 0.5) is 5.69 Å². The first-order valence-electron chi connectivity index (χ1n) is 8.28. The van der Waals surface area contributed by atoms with E-state index in [1.165, 1.54) is 6.07 Å². The molecule has 0 saturated heterocycles. The van der Waals surface area contributed by atoms with E-state index in [-0.39, 0.29) is 11.5 Å². The van der Waals surface area contributed by atoms with Gasteiger partial charge in [-0.05, 0) is 43.3 Å². The summed E-state index contributed by atoms with van der Waals surface area (Å²) in [5.74, 6) is 0.313. The number of carbonyl (C=O) groups excluding carboxylic acids is 1. The van der Waals surface area contributed by atoms with E-state index in [4.69, 9.17) is 16.3 Å². The average molecular weight is 384 g/mol. The predicted octanol–water partition coefficient (Wildman–Crippen LogP) is 3.77. The SMILES string of the molecule is COc1cccc(-c2ccc(=O)n(C(C)C(=O)Nc3cccc(Cl)c3)n2)c1. The van der Waals surface area contributed by atoms with Gasteiger partial charge in [0.2, 0.25) is 5.91 Å². The molecule has 1 amide bonds. The van der Waals surface area contributed by atoms with Crippen LogP contribution in [-0.4, -0.2) is 22.8 Å². The highest BCUT2D eigenvalue weighted by Crippen LogP contribution is 2.22. The molecule has 7 heteroatoms. The highest BCUT2D eigenvalue weighted by atomic mass is 35.5. The largest absolute Gasteiger partial charge is 0.497 e. The van der Waals surface area contributed by atoms with Crippen LogP contribution in [0.25, 0.3) is 11.3 Å². The Kier molecular flexibility index (Phi) is 5.57. The van der Waals surface area contributed by atoms with E-state index >= 15 is 0 Å². The zero-order valence-electron chi connectivity index (χ0n) is 14.8. The lowest BCUT2D eigenvalue weighted by Crippen LogP contribution is -2.33. The Morgan fingerprint density at radius 1 is 1.15 bits per heavy atom. The molecule has 0 aliphatic rings. The summed E-state index contributed by atoms with van der Waals surface area (Å²) in [6.07, 6.45) is 0. The molecule has 27 heavy (non-hydrogen) atoms. The first kappa shape index (κ1) is 18.7. The Bertz CT molecular complexity index is 1030. The van der Waals surface area contributed by atoms with Crippen LogP contribution in [-0.2, 0) is 4.79 Å². The van der Waals surface area contributed by atoms with Gasteiger partial charge in [0.15, 0.2) is 0 Å². The Hall–Kier alpha value is -3.12. The third-order valence-electron chi connectivity index (χ3n) is 4.03. The minimum atomic E-state index is -0.804. The number of amides is 1. The van der Waals surface area contributed by atoms with Gasteiger partial charge in [-0.2, -0.15) is 5.10 Å². The van der Waals surface area contributed by atoms with Gasteiger partial charge in [0.25, 0.3) is 5.56 Å². The lowest BCUT2D eigenvalue weighted by atomic mass is 10.1. The highest BCUT2D eigenvalue weighted by Gasteiger charge is 2.18. The van der Waals surface area contributed by atoms with Crippen LogP contribution in [0.15, 0.2) is 65.5 Å². The molecule has 0 aliphatic heterocycles. The summed E-state index contributed by atoms with van der Waals surface area (Å²) < 4.78 is 6.38. The van der Waals surface area contributed by atoms with E-state index < -0.39 is 6.04 Å². The highest BCUT2D eigenvalue weighted by molar-refractivity contribution is 6.30. The predicted molar refractivity (Wildman–Crippen MR) is 105 cm³/mol. The van der Waals surface area contributed by atoms with Gasteiger partial charge in [0, 0.05) is 22.3 Å². The van der Waals surface area contributed by atoms with Crippen molar-refractivity contribution in [2.45, 2.75) is 13.0 Å². The van der Waals surface area contributed by atoms with E-state index in [9.17, 15) is 9.59 Å². The fraction of sp³-hybridized carbons (Fsp3) is 0.150. The Labute approximate surface area is 161 Å². The lowest BCUT2D eigenvalue weighted by molar-refractivity contribution is -0.119. The van der Waals surface area contributed by atoms with Gasteiger partial charge in [-0.1, -0.05) is 29.8 Å². The number of anilines is 1. The fourth-order valence-corrected chi connectivity index (χ4v) is 2.75. The average Bonchev–Trinajstić information content (AvgIpc) is 2.68. The van der Waals surface area contributed by atoms with Crippen molar-refractivity contribution in [2.75, 3.05) is 12.4 Å². The molecule has 3 rings (SSSR count). The van der Waals surface area contributed by atoms with Gasteiger partial charge in [-0.15, -0.1) is 0 Å². The molecule has 1 unspecified atom stereocenters. The second-order valence-electron chi connectivity index (χ2n) is 5.91. The molecule has 1 heterocycles. The molecular formula is C20H18ClN3O3. The monoisotopic (exact) mass is 383 g/mol. The van der Waals surface area contributed by atoms with Crippen molar-refractivity contribution in [1.82, 2.24) is 9.78 Å². The molecule has 0 radical (unpaired) electrons. The summed E-state index contributed by atoms with van der Waals surface area (Å²) >= 11 is 5.93. The van der Waals surface area contributed by atoms with Gasteiger partial charge in [-0.25, -0.2) is 4.68 Å². The molecular weight excluding hydrogens is 366 g/mol. The topological polar surface area (TPSA) is 73.2 Å². The number of nitrogens with one attached hydrogen (secondary N) is 1. The van der Waals surface area contributed by atoms with E-state index in [0.717, 1.165) is 10.2 Å². The Balaban J connectivity index is 1.89. The third kappa shape index (κ3) is 4.35. The quantitative estimate of drug-likeness (QED) is 0.727. The van der Waals surface area contributed by atoms with Gasteiger partial charge in [0.05, 0.1) is 12.8 Å². The number of carbonyl (C=O) groups is 1. The number of ether oxygens (including phenoxy) is 1. The fourth-order valence-electron chi connectivity index (χ4n) is 2.56. The van der Waals surface area contributed by atoms with Crippen molar-refractivity contribution in [3.05, 3.63) is 76.0 Å². The number of methoxy groups -OCH3 is 1. The van der Waals surface area contributed by atoms with Crippen LogP contribution < -0.4 is 15.6 Å². The first-order valence-corrected chi connectivity index (χ1v) is 8.66. The number of halogens is 1. The lowest BCUT2D eigenvalue weighted by Gasteiger charge is -2.15. The van der Waals surface area contributed by atoms with Gasteiger partial charge >= 0.3 is 0 Å². The van der Waals surface area contributed by atoms with E-state index in [2.05, 4.69) is 10.4 Å². The number of rotatable bonds is 5. The Morgan fingerprint density at radius 2 is 1.93 bits per heavy atom. The minimum absolute atomic E-state index is 0.365. The molecule has 0 bridgehead atoms. The van der Waals surface area contributed by atoms with Crippen LogP contribution in [0.5, 0.6) is 5.75 Å². The number of benzene rings is 2. The van der Waals surface area contributed by atoms with E-state index in [1.54, 1.807) is 44.4 Å². The summed E-state index contributed by atoms with van der Waals surface area (Å²) in [5.41, 5.74) is 1.54. The maximum Gasteiger partial charge on any atom is 0.267 e. The van der Waals surface area contributed by atoms with Crippen molar-refractivity contribution in [3.63, 3.8) is 0 Å². The molecule has 0 spiro atoms.